The molecule has 1 atom stereocenters. The van der Waals surface area contributed by atoms with Gasteiger partial charge in [0, 0.05) is 24.7 Å². The van der Waals surface area contributed by atoms with E-state index in [0.29, 0.717) is 5.92 Å². The number of fused-ring (bicyclic) bond motifs is 1. The molecule has 2 aromatic rings. The Morgan fingerprint density at radius 1 is 1.26 bits per heavy atom. The minimum atomic E-state index is 0.656. The van der Waals surface area contributed by atoms with Crippen LogP contribution in [0.25, 0.3) is 10.9 Å². The van der Waals surface area contributed by atoms with Gasteiger partial charge in [-0.3, -0.25) is 4.98 Å². The third-order valence-electron chi connectivity index (χ3n) is 3.36. The van der Waals surface area contributed by atoms with E-state index in [1.54, 1.807) is 0 Å². The van der Waals surface area contributed by atoms with E-state index in [-0.39, 0.29) is 0 Å². The molecular formula is C16H23N3. The van der Waals surface area contributed by atoms with E-state index in [9.17, 15) is 0 Å². The van der Waals surface area contributed by atoms with E-state index in [1.165, 1.54) is 10.9 Å². The molecule has 2 rings (SSSR count). The Hall–Kier alpha value is -1.45. The van der Waals surface area contributed by atoms with Gasteiger partial charge in [-0.2, -0.15) is 0 Å². The first kappa shape index (κ1) is 14.0. The fourth-order valence-electron chi connectivity index (χ4n) is 2.59. The van der Waals surface area contributed by atoms with Gasteiger partial charge >= 0.3 is 0 Å². The molecule has 0 aliphatic heterocycles. The summed E-state index contributed by atoms with van der Waals surface area (Å²) in [6.45, 7) is 5.40. The largest absolute Gasteiger partial charge is 0.319 e. The van der Waals surface area contributed by atoms with Gasteiger partial charge in [-0.25, -0.2) is 0 Å². The maximum Gasteiger partial charge on any atom is 0.0705 e. The quantitative estimate of drug-likeness (QED) is 0.862. The minimum absolute atomic E-state index is 0.656. The Morgan fingerprint density at radius 3 is 2.84 bits per heavy atom. The zero-order chi connectivity index (χ0) is 13.7. The molecule has 0 aliphatic carbocycles. The fraction of sp³-hybridized carbons (Fsp3) is 0.438. The van der Waals surface area contributed by atoms with Crippen molar-refractivity contribution < 1.29 is 0 Å². The summed E-state index contributed by atoms with van der Waals surface area (Å²) in [5.41, 5.74) is 2.43. The summed E-state index contributed by atoms with van der Waals surface area (Å²) in [5, 5.41) is 4.49. The van der Waals surface area contributed by atoms with Crippen molar-refractivity contribution in [3.05, 3.63) is 42.1 Å². The summed E-state index contributed by atoms with van der Waals surface area (Å²) >= 11 is 0. The van der Waals surface area contributed by atoms with Crippen molar-refractivity contribution >= 4 is 10.9 Å². The number of nitrogens with one attached hydrogen (secondary N) is 1. The van der Waals surface area contributed by atoms with Crippen LogP contribution in [0.3, 0.4) is 0 Å². The van der Waals surface area contributed by atoms with Crippen molar-refractivity contribution in [2.45, 2.75) is 13.5 Å². The van der Waals surface area contributed by atoms with Crippen LogP contribution in [0.5, 0.6) is 0 Å². The van der Waals surface area contributed by atoms with E-state index < -0.39 is 0 Å². The van der Waals surface area contributed by atoms with Gasteiger partial charge in [0.25, 0.3) is 0 Å². The third-order valence-corrected chi connectivity index (χ3v) is 3.36. The van der Waals surface area contributed by atoms with Gasteiger partial charge in [0.05, 0.1) is 5.52 Å². The normalized spacial score (nSPS) is 13.1. The van der Waals surface area contributed by atoms with Crippen LogP contribution in [0.1, 0.15) is 12.5 Å². The molecule has 0 bridgehead atoms. The van der Waals surface area contributed by atoms with Gasteiger partial charge in [0.1, 0.15) is 0 Å². The molecule has 3 nitrogen and oxygen atoms in total. The second kappa shape index (κ2) is 6.64. The lowest BCUT2D eigenvalue weighted by molar-refractivity contribution is 0.277. The van der Waals surface area contributed by atoms with Crippen LogP contribution in [0.2, 0.25) is 0 Å². The molecular weight excluding hydrogens is 234 g/mol. The molecule has 1 aromatic heterocycles. The minimum Gasteiger partial charge on any atom is -0.319 e. The average Bonchev–Trinajstić information content (AvgIpc) is 2.39. The Kier molecular flexibility index (Phi) is 4.88. The summed E-state index contributed by atoms with van der Waals surface area (Å²) in [4.78, 5) is 6.79. The maximum absolute atomic E-state index is 4.41. The van der Waals surface area contributed by atoms with Crippen molar-refractivity contribution in [1.29, 1.82) is 0 Å². The standard InChI is InChI=1S/C16H23N3/c1-13(10-17-2)11-19(3)12-14-8-9-18-16-7-5-4-6-15(14)16/h4-9,13,17H,10-12H2,1-3H3. The van der Waals surface area contributed by atoms with Crippen LogP contribution in [0.15, 0.2) is 36.5 Å². The number of nitrogens with zero attached hydrogens (tertiary/aromatic N) is 2. The van der Waals surface area contributed by atoms with Gasteiger partial charge in [-0.05, 0) is 44.3 Å². The Bertz CT molecular complexity index is 519. The highest BCUT2D eigenvalue weighted by atomic mass is 15.1. The van der Waals surface area contributed by atoms with Gasteiger partial charge in [-0.15, -0.1) is 0 Å². The summed E-state index contributed by atoms with van der Waals surface area (Å²) in [6, 6.07) is 10.5. The van der Waals surface area contributed by atoms with Crippen molar-refractivity contribution in [2.24, 2.45) is 5.92 Å². The molecule has 0 saturated carbocycles. The van der Waals surface area contributed by atoms with Crippen LogP contribution < -0.4 is 5.32 Å². The first-order valence-electron chi connectivity index (χ1n) is 6.86. The highest BCUT2D eigenvalue weighted by molar-refractivity contribution is 5.81. The zero-order valence-electron chi connectivity index (χ0n) is 12.1. The van der Waals surface area contributed by atoms with Crippen LogP contribution in [-0.4, -0.2) is 37.1 Å². The number of pyridine rings is 1. The maximum atomic E-state index is 4.41. The molecule has 102 valence electrons. The summed E-state index contributed by atoms with van der Waals surface area (Å²) in [5.74, 6) is 0.656. The van der Waals surface area contributed by atoms with Crippen molar-refractivity contribution in [3.63, 3.8) is 0 Å². The lowest BCUT2D eigenvalue weighted by Gasteiger charge is -2.21. The number of benzene rings is 1. The van der Waals surface area contributed by atoms with E-state index in [1.807, 2.05) is 19.3 Å². The van der Waals surface area contributed by atoms with Gasteiger partial charge < -0.3 is 10.2 Å². The predicted molar refractivity (Wildman–Crippen MR) is 81.2 cm³/mol. The Balaban J connectivity index is 2.08. The summed E-state index contributed by atoms with van der Waals surface area (Å²) < 4.78 is 0. The van der Waals surface area contributed by atoms with Gasteiger partial charge in [-0.1, -0.05) is 25.1 Å². The van der Waals surface area contributed by atoms with Crippen LogP contribution in [-0.2, 0) is 6.54 Å². The molecule has 0 saturated heterocycles. The molecule has 0 aliphatic rings. The van der Waals surface area contributed by atoms with E-state index in [4.69, 9.17) is 0 Å². The number of rotatable bonds is 6. The van der Waals surface area contributed by atoms with E-state index in [0.717, 1.165) is 25.2 Å². The smallest absolute Gasteiger partial charge is 0.0705 e. The highest BCUT2D eigenvalue weighted by Crippen LogP contribution is 2.17. The zero-order valence-corrected chi connectivity index (χ0v) is 12.1. The lowest BCUT2D eigenvalue weighted by Crippen LogP contribution is -2.29. The van der Waals surface area contributed by atoms with E-state index in [2.05, 4.69) is 53.4 Å². The second-order valence-electron chi connectivity index (χ2n) is 5.35. The Morgan fingerprint density at radius 2 is 2.05 bits per heavy atom. The molecule has 1 aromatic carbocycles. The number of hydrogen-bond acceptors (Lipinski definition) is 3. The van der Waals surface area contributed by atoms with Crippen LogP contribution >= 0.6 is 0 Å². The third kappa shape index (κ3) is 3.75. The van der Waals surface area contributed by atoms with Gasteiger partial charge in [0.15, 0.2) is 0 Å². The Labute approximate surface area is 115 Å². The molecule has 1 heterocycles. The summed E-state index contributed by atoms with van der Waals surface area (Å²) in [7, 11) is 4.19. The van der Waals surface area contributed by atoms with Crippen molar-refractivity contribution in [1.82, 2.24) is 15.2 Å². The predicted octanol–water partition coefficient (Wildman–Crippen LogP) is 2.52. The second-order valence-corrected chi connectivity index (χ2v) is 5.35. The fourth-order valence-corrected chi connectivity index (χ4v) is 2.59. The van der Waals surface area contributed by atoms with Crippen molar-refractivity contribution in [2.75, 3.05) is 27.2 Å². The topological polar surface area (TPSA) is 28.2 Å². The number of para-hydroxylation sites is 1. The SMILES string of the molecule is CNCC(C)CN(C)Cc1ccnc2ccccc12. The molecule has 0 spiro atoms. The lowest BCUT2D eigenvalue weighted by atomic mass is 10.1. The number of aromatic nitrogens is 1. The van der Waals surface area contributed by atoms with Crippen molar-refractivity contribution in [3.8, 4) is 0 Å². The molecule has 0 radical (unpaired) electrons. The van der Waals surface area contributed by atoms with E-state index >= 15 is 0 Å². The average molecular weight is 257 g/mol. The highest BCUT2D eigenvalue weighted by Gasteiger charge is 2.08. The number of hydrogen-bond donors (Lipinski definition) is 1. The molecule has 19 heavy (non-hydrogen) atoms. The molecule has 0 fully saturated rings. The van der Waals surface area contributed by atoms with Crippen LogP contribution in [0, 0.1) is 5.92 Å². The monoisotopic (exact) mass is 257 g/mol. The first-order valence-corrected chi connectivity index (χ1v) is 6.86. The molecule has 1 N–H and O–H groups in total. The summed E-state index contributed by atoms with van der Waals surface area (Å²) in [6.07, 6.45) is 1.91. The molecule has 1 unspecified atom stereocenters. The first-order chi connectivity index (χ1) is 9.20. The molecule has 3 heteroatoms. The van der Waals surface area contributed by atoms with Gasteiger partial charge in [0.2, 0.25) is 0 Å². The van der Waals surface area contributed by atoms with Crippen LogP contribution in [0.4, 0.5) is 0 Å². The molecule has 0 amide bonds.